The molecule has 0 amide bonds. The van der Waals surface area contributed by atoms with Crippen LogP contribution in [0, 0.1) is 0 Å². The Bertz CT molecular complexity index is 440. The summed E-state index contributed by atoms with van der Waals surface area (Å²) in [5.74, 6) is 0. The summed E-state index contributed by atoms with van der Waals surface area (Å²) in [6, 6.07) is 0. The smallest absolute Gasteiger partial charge is 0.114 e. The minimum atomic E-state index is -0.962. The first kappa shape index (κ1) is 29.6. The highest BCUT2D eigenvalue weighted by atomic mass is 35.5. The van der Waals surface area contributed by atoms with Crippen molar-refractivity contribution in [2.45, 2.75) is 30.0 Å². The molecule has 0 fully saturated rings. The first-order chi connectivity index (χ1) is 9.92. The predicted molar refractivity (Wildman–Crippen MR) is 112 cm³/mol. The minimum Gasteiger partial charge on any atom is -0.370 e. The van der Waals surface area contributed by atoms with Gasteiger partial charge in [-0.05, 0) is 18.6 Å². The van der Waals surface area contributed by atoms with Crippen molar-refractivity contribution in [2.75, 3.05) is 13.2 Å². The molecule has 25 heavy (non-hydrogen) atoms. The lowest BCUT2D eigenvalue weighted by Crippen LogP contribution is -2.58. The monoisotopic (exact) mass is 436 g/mol. The molecule has 6 nitrogen and oxygen atoms in total. The average molecular weight is 438 g/mol. The van der Waals surface area contributed by atoms with E-state index < -0.39 is 11.3 Å². The van der Waals surface area contributed by atoms with Gasteiger partial charge in [-0.1, -0.05) is 36.5 Å². The third-order valence-electron chi connectivity index (χ3n) is 3.43. The quantitative estimate of drug-likeness (QED) is 0.367. The van der Waals surface area contributed by atoms with Crippen molar-refractivity contribution in [3.8, 4) is 0 Å². The van der Waals surface area contributed by atoms with E-state index in [1.54, 1.807) is 12.2 Å². The van der Waals surface area contributed by atoms with Crippen LogP contribution in [-0.4, -0.2) is 36.7 Å². The predicted octanol–water partition coefficient (Wildman–Crippen LogP) is 1.31. The van der Waals surface area contributed by atoms with Crippen LogP contribution in [0.25, 0.3) is 0 Å². The van der Waals surface area contributed by atoms with E-state index in [-0.39, 0.29) is 61.8 Å². The van der Waals surface area contributed by atoms with E-state index in [1.807, 2.05) is 36.5 Å². The summed E-state index contributed by atoms with van der Waals surface area (Å²) in [6.45, 7) is 0.987. The average Bonchev–Trinajstić information content (AvgIpc) is 2.41. The Morgan fingerprint density at radius 1 is 0.640 bits per heavy atom. The van der Waals surface area contributed by atoms with Crippen molar-refractivity contribution in [3.05, 3.63) is 48.6 Å². The van der Waals surface area contributed by atoms with E-state index in [0.29, 0.717) is 19.6 Å². The van der Waals surface area contributed by atoms with Crippen molar-refractivity contribution in [3.63, 3.8) is 0 Å². The lowest BCUT2D eigenvalue weighted by atomic mass is 10.00. The fourth-order valence-corrected chi connectivity index (χ4v) is 2.18. The van der Waals surface area contributed by atoms with Crippen LogP contribution < -0.4 is 22.9 Å². The number of ether oxygens (including phenoxy) is 2. The summed E-state index contributed by atoms with van der Waals surface area (Å²) in [7, 11) is 0. The van der Waals surface area contributed by atoms with Gasteiger partial charge in [-0.3, -0.25) is 0 Å². The largest absolute Gasteiger partial charge is 0.370 e. The zero-order valence-electron chi connectivity index (χ0n) is 13.7. The number of halogens is 4. The molecule has 0 aromatic carbocycles. The van der Waals surface area contributed by atoms with Crippen LogP contribution in [0.5, 0.6) is 0 Å². The van der Waals surface area contributed by atoms with E-state index in [1.165, 1.54) is 0 Å². The molecule has 0 heterocycles. The molecule has 0 saturated heterocycles. The van der Waals surface area contributed by atoms with Crippen molar-refractivity contribution in [1.29, 1.82) is 0 Å². The lowest BCUT2D eigenvalue weighted by Gasteiger charge is -2.32. The Morgan fingerprint density at radius 2 is 1.00 bits per heavy atom. The Labute approximate surface area is 173 Å². The zero-order valence-corrected chi connectivity index (χ0v) is 16.9. The normalized spacial score (nSPS) is 24.3. The van der Waals surface area contributed by atoms with E-state index in [0.717, 1.165) is 0 Å². The Hall–Kier alpha value is -0.120. The maximum Gasteiger partial charge on any atom is 0.114 e. The van der Waals surface area contributed by atoms with Gasteiger partial charge in [-0.15, -0.1) is 49.6 Å². The van der Waals surface area contributed by atoms with Crippen LogP contribution in [0.15, 0.2) is 48.6 Å². The highest BCUT2D eigenvalue weighted by Gasteiger charge is 2.29. The van der Waals surface area contributed by atoms with Gasteiger partial charge >= 0.3 is 0 Å². The molecule has 0 aromatic heterocycles. The first-order valence-electron chi connectivity index (χ1n) is 7.02. The number of hydrogen-bond acceptors (Lipinski definition) is 6. The third-order valence-corrected chi connectivity index (χ3v) is 3.43. The van der Waals surface area contributed by atoms with Crippen molar-refractivity contribution in [2.24, 2.45) is 22.9 Å². The van der Waals surface area contributed by atoms with Gasteiger partial charge in [0.05, 0.1) is 0 Å². The Morgan fingerprint density at radius 3 is 1.32 bits per heavy atom. The van der Waals surface area contributed by atoms with Gasteiger partial charge < -0.3 is 32.4 Å². The van der Waals surface area contributed by atoms with Crippen LogP contribution >= 0.6 is 49.6 Å². The number of allylic oxidation sites excluding steroid dienone is 4. The standard InChI is InChI=1S/C15H24N4O2.4ClH/c16-14(17)8-3-1-6-12(14)20-10-5-11-21-13-7-2-4-9-15(13,18)19;;;;/h1-4,6-9,12-13H,5,10-11,16-19H2;4*1H. The van der Waals surface area contributed by atoms with Crippen LogP contribution in [0.1, 0.15) is 6.42 Å². The summed E-state index contributed by atoms with van der Waals surface area (Å²) in [5, 5.41) is 0. The first-order valence-corrected chi connectivity index (χ1v) is 7.02. The molecule has 0 radical (unpaired) electrons. The maximum absolute atomic E-state index is 5.92. The van der Waals surface area contributed by atoms with Gasteiger partial charge in [-0.25, -0.2) is 0 Å². The summed E-state index contributed by atoms with van der Waals surface area (Å²) < 4.78 is 11.4. The molecule has 0 saturated carbocycles. The van der Waals surface area contributed by atoms with Crippen LogP contribution in [-0.2, 0) is 9.47 Å². The molecule has 2 unspecified atom stereocenters. The molecule has 2 rings (SSSR count). The highest BCUT2D eigenvalue weighted by Crippen LogP contribution is 2.15. The van der Waals surface area contributed by atoms with Gasteiger partial charge in [0.1, 0.15) is 23.5 Å². The molecule has 0 aromatic rings. The molecule has 0 aliphatic heterocycles. The second kappa shape index (κ2) is 13.1. The topological polar surface area (TPSA) is 123 Å². The molecular formula is C15H28Cl4N4O2. The molecule has 8 N–H and O–H groups in total. The molecule has 10 heteroatoms. The van der Waals surface area contributed by atoms with Gasteiger partial charge in [0, 0.05) is 13.2 Å². The van der Waals surface area contributed by atoms with Crippen molar-refractivity contribution < 1.29 is 9.47 Å². The van der Waals surface area contributed by atoms with Crippen LogP contribution in [0.2, 0.25) is 0 Å². The highest BCUT2D eigenvalue weighted by molar-refractivity contribution is 5.86. The molecule has 148 valence electrons. The van der Waals surface area contributed by atoms with Gasteiger partial charge in [-0.2, -0.15) is 0 Å². The summed E-state index contributed by atoms with van der Waals surface area (Å²) in [5.41, 5.74) is 21.8. The molecule has 0 bridgehead atoms. The Kier molecular flexibility index (Phi) is 15.5. The number of nitrogens with two attached hydrogens (primary N) is 4. The molecule has 2 aliphatic carbocycles. The molecule has 2 aliphatic rings. The van der Waals surface area contributed by atoms with Crippen molar-refractivity contribution >= 4 is 49.6 Å². The van der Waals surface area contributed by atoms with Gasteiger partial charge in [0.2, 0.25) is 0 Å². The maximum atomic E-state index is 5.92. The lowest BCUT2D eigenvalue weighted by molar-refractivity contribution is 0.00736. The molecule has 2 atom stereocenters. The summed E-state index contributed by atoms with van der Waals surface area (Å²) in [4.78, 5) is 0. The van der Waals surface area contributed by atoms with Gasteiger partial charge in [0.25, 0.3) is 0 Å². The second-order valence-corrected chi connectivity index (χ2v) is 5.42. The van der Waals surface area contributed by atoms with Crippen molar-refractivity contribution in [1.82, 2.24) is 0 Å². The van der Waals surface area contributed by atoms with E-state index in [9.17, 15) is 0 Å². The second-order valence-electron chi connectivity index (χ2n) is 5.42. The van der Waals surface area contributed by atoms with E-state index in [4.69, 9.17) is 32.4 Å². The van der Waals surface area contributed by atoms with Crippen LogP contribution in [0.3, 0.4) is 0 Å². The fourth-order valence-electron chi connectivity index (χ4n) is 2.18. The van der Waals surface area contributed by atoms with E-state index in [2.05, 4.69) is 0 Å². The van der Waals surface area contributed by atoms with E-state index >= 15 is 0 Å². The number of rotatable bonds is 6. The Balaban J connectivity index is -0.00000121. The minimum absolute atomic E-state index is 0. The summed E-state index contributed by atoms with van der Waals surface area (Å²) in [6.07, 6.45) is 14.6. The SMILES string of the molecule is Cl.Cl.Cl.Cl.NC1(N)C=CC=CC1OCCCOC1C=CC=CC1(N)N. The van der Waals surface area contributed by atoms with Crippen LogP contribution in [0.4, 0.5) is 0 Å². The third kappa shape index (κ3) is 8.88. The fraction of sp³-hybridized carbons (Fsp3) is 0.467. The van der Waals surface area contributed by atoms with Gasteiger partial charge in [0.15, 0.2) is 0 Å². The molecular weight excluding hydrogens is 410 g/mol. The molecule has 0 spiro atoms. The number of hydrogen-bond donors (Lipinski definition) is 4. The summed E-state index contributed by atoms with van der Waals surface area (Å²) >= 11 is 0. The zero-order chi connectivity index (χ0) is 15.3.